The van der Waals surface area contributed by atoms with Gasteiger partial charge in [0.25, 0.3) is 5.91 Å². The molecular formula is C27H23N3O3. The summed E-state index contributed by atoms with van der Waals surface area (Å²) in [5, 5.41) is 5.25. The van der Waals surface area contributed by atoms with Crippen LogP contribution < -0.4 is 14.8 Å². The molecule has 0 aliphatic rings. The standard InChI is InChI=1S/C27H23N3O3/c1-32-22-13-11-20(12-14-22)26(31)29-27-28-24-8-4-5-9-25(24)30(27)16-17-33-23-15-10-19-6-2-3-7-21(19)18-23/h2-15,18H,16-17H2,1H3,(H,28,29,31). The minimum absolute atomic E-state index is 0.232. The maximum absolute atomic E-state index is 12.8. The van der Waals surface area contributed by atoms with Crippen LogP contribution in [0.5, 0.6) is 11.5 Å². The highest BCUT2D eigenvalue weighted by atomic mass is 16.5. The molecule has 0 radical (unpaired) electrons. The number of ether oxygens (including phenoxy) is 2. The summed E-state index contributed by atoms with van der Waals surface area (Å²) < 4.78 is 13.2. The summed E-state index contributed by atoms with van der Waals surface area (Å²) >= 11 is 0. The van der Waals surface area contributed by atoms with Gasteiger partial charge in [0.15, 0.2) is 0 Å². The maximum Gasteiger partial charge on any atom is 0.257 e. The predicted molar refractivity (Wildman–Crippen MR) is 130 cm³/mol. The molecule has 0 saturated carbocycles. The molecule has 0 saturated heterocycles. The van der Waals surface area contributed by atoms with E-state index in [9.17, 15) is 4.79 Å². The number of aromatic nitrogens is 2. The molecule has 6 heteroatoms. The molecule has 0 aliphatic carbocycles. The largest absolute Gasteiger partial charge is 0.497 e. The number of carbonyl (C=O) groups is 1. The lowest BCUT2D eigenvalue weighted by Gasteiger charge is -2.12. The third-order valence-electron chi connectivity index (χ3n) is 5.54. The summed E-state index contributed by atoms with van der Waals surface area (Å²) in [6.45, 7) is 0.968. The Hall–Kier alpha value is -4.32. The van der Waals surface area contributed by atoms with Gasteiger partial charge in [-0.2, -0.15) is 0 Å². The zero-order valence-electron chi connectivity index (χ0n) is 18.2. The Morgan fingerprint density at radius 1 is 0.879 bits per heavy atom. The van der Waals surface area contributed by atoms with Crippen LogP contribution in [-0.4, -0.2) is 29.2 Å². The highest BCUT2D eigenvalue weighted by Crippen LogP contribution is 2.23. The number of carbonyl (C=O) groups excluding carboxylic acids is 1. The zero-order valence-corrected chi connectivity index (χ0v) is 18.2. The predicted octanol–water partition coefficient (Wildman–Crippen LogP) is 5.53. The normalized spacial score (nSPS) is 10.9. The first-order valence-electron chi connectivity index (χ1n) is 10.7. The van der Waals surface area contributed by atoms with Crippen LogP contribution in [0.15, 0.2) is 91.0 Å². The number of hydrogen-bond acceptors (Lipinski definition) is 4. The average Bonchev–Trinajstić information content (AvgIpc) is 3.21. The molecule has 1 aromatic heterocycles. The van der Waals surface area contributed by atoms with Gasteiger partial charge in [0.1, 0.15) is 18.1 Å². The number of imidazole rings is 1. The Balaban J connectivity index is 1.35. The molecule has 0 spiro atoms. The van der Waals surface area contributed by atoms with Crippen LogP contribution in [0.2, 0.25) is 0 Å². The first-order valence-corrected chi connectivity index (χ1v) is 10.7. The van der Waals surface area contributed by atoms with E-state index >= 15 is 0 Å². The molecule has 0 fully saturated rings. The molecule has 6 nitrogen and oxygen atoms in total. The first-order chi connectivity index (χ1) is 16.2. The van der Waals surface area contributed by atoms with E-state index in [4.69, 9.17) is 9.47 Å². The number of nitrogens with zero attached hydrogens (tertiary/aromatic N) is 2. The minimum Gasteiger partial charge on any atom is -0.497 e. The van der Waals surface area contributed by atoms with Crippen molar-refractivity contribution in [1.82, 2.24) is 9.55 Å². The Kier molecular flexibility index (Phi) is 5.64. The lowest BCUT2D eigenvalue weighted by molar-refractivity contribution is 0.102. The van der Waals surface area contributed by atoms with Gasteiger partial charge in [0.2, 0.25) is 5.95 Å². The van der Waals surface area contributed by atoms with Crippen molar-refractivity contribution >= 4 is 33.7 Å². The molecular weight excluding hydrogens is 414 g/mol. The molecule has 1 heterocycles. The Labute approximate surface area is 191 Å². The molecule has 5 aromatic rings. The summed E-state index contributed by atoms with van der Waals surface area (Å²) in [6.07, 6.45) is 0. The van der Waals surface area contributed by atoms with E-state index < -0.39 is 0 Å². The number of nitrogens with one attached hydrogen (secondary N) is 1. The first kappa shape index (κ1) is 20.6. The lowest BCUT2D eigenvalue weighted by Crippen LogP contribution is -2.17. The van der Waals surface area contributed by atoms with Crippen LogP contribution in [0.4, 0.5) is 5.95 Å². The topological polar surface area (TPSA) is 65.4 Å². The van der Waals surface area contributed by atoms with Crippen LogP contribution in [-0.2, 0) is 6.54 Å². The van der Waals surface area contributed by atoms with Crippen molar-refractivity contribution in [1.29, 1.82) is 0 Å². The third-order valence-corrected chi connectivity index (χ3v) is 5.54. The third kappa shape index (κ3) is 4.36. The fourth-order valence-corrected chi connectivity index (χ4v) is 3.83. The zero-order chi connectivity index (χ0) is 22.6. The van der Waals surface area contributed by atoms with Gasteiger partial charge in [-0.05, 0) is 59.3 Å². The van der Waals surface area contributed by atoms with Crippen LogP contribution in [0.3, 0.4) is 0 Å². The van der Waals surface area contributed by atoms with Gasteiger partial charge in [-0.25, -0.2) is 4.98 Å². The molecule has 4 aromatic carbocycles. The van der Waals surface area contributed by atoms with E-state index in [-0.39, 0.29) is 5.91 Å². The van der Waals surface area contributed by atoms with Crippen molar-refractivity contribution in [3.05, 3.63) is 96.6 Å². The van der Waals surface area contributed by atoms with Crippen molar-refractivity contribution in [2.75, 3.05) is 19.0 Å². The van der Waals surface area contributed by atoms with Gasteiger partial charge in [0, 0.05) is 5.56 Å². The van der Waals surface area contributed by atoms with Crippen molar-refractivity contribution in [2.45, 2.75) is 6.54 Å². The van der Waals surface area contributed by atoms with Crippen LogP contribution in [0.1, 0.15) is 10.4 Å². The Morgan fingerprint density at radius 2 is 1.61 bits per heavy atom. The van der Waals surface area contributed by atoms with E-state index in [1.807, 2.05) is 53.1 Å². The molecule has 0 unspecified atom stereocenters. The Morgan fingerprint density at radius 3 is 2.42 bits per heavy atom. The summed E-state index contributed by atoms with van der Waals surface area (Å²) in [5.41, 5.74) is 2.28. The van der Waals surface area contributed by atoms with Gasteiger partial charge < -0.3 is 14.0 Å². The van der Waals surface area contributed by atoms with E-state index in [2.05, 4.69) is 28.5 Å². The highest BCUT2D eigenvalue weighted by Gasteiger charge is 2.14. The number of benzene rings is 4. The maximum atomic E-state index is 12.8. The highest BCUT2D eigenvalue weighted by molar-refractivity contribution is 6.04. The van der Waals surface area contributed by atoms with E-state index in [1.54, 1.807) is 31.4 Å². The van der Waals surface area contributed by atoms with E-state index in [0.29, 0.717) is 30.4 Å². The van der Waals surface area contributed by atoms with Gasteiger partial charge in [-0.1, -0.05) is 42.5 Å². The van der Waals surface area contributed by atoms with Crippen molar-refractivity contribution in [3.63, 3.8) is 0 Å². The molecule has 1 N–H and O–H groups in total. The smallest absolute Gasteiger partial charge is 0.257 e. The SMILES string of the molecule is COc1ccc(C(=O)Nc2nc3ccccc3n2CCOc2ccc3ccccc3c2)cc1. The number of hydrogen-bond donors (Lipinski definition) is 1. The Bertz CT molecular complexity index is 1420. The van der Waals surface area contributed by atoms with Crippen LogP contribution >= 0.6 is 0 Å². The number of para-hydroxylation sites is 2. The second-order valence-electron chi connectivity index (χ2n) is 7.62. The average molecular weight is 437 g/mol. The number of amides is 1. The molecule has 1 amide bonds. The second kappa shape index (κ2) is 9.04. The lowest BCUT2D eigenvalue weighted by atomic mass is 10.1. The minimum atomic E-state index is -0.232. The number of rotatable bonds is 7. The number of fused-ring (bicyclic) bond motifs is 2. The fourth-order valence-electron chi connectivity index (χ4n) is 3.83. The second-order valence-corrected chi connectivity index (χ2v) is 7.62. The summed E-state index contributed by atoms with van der Waals surface area (Å²) in [4.78, 5) is 17.5. The van der Waals surface area contributed by atoms with Crippen LogP contribution in [0.25, 0.3) is 21.8 Å². The summed E-state index contributed by atoms with van der Waals surface area (Å²) in [5.74, 6) is 1.76. The van der Waals surface area contributed by atoms with E-state index in [0.717, 1.165) is 22.2 Å². The van der Waals surface area contributed by atoms with Crippen molar-refractivity contribution < 1.29 is 14.3 Å². The monoisotopic (exact) mass is 437 g/mol. The molecule has 5 rings (SSSR count). The van der Waals surface area contributed by atoms with Gasteiger partial charge in [-0.15, -0.1) is 0 Å². The molecule has 164 valence electrons. The number of anilines is 1. The van der Waals surface area contributed by atoms with E-state index in [1.165, 1.54) is 5.39 Å². The van der Waals surface area contributed by atoms with Crippen molar-refractivity contribution in [2.24, 2.45) is 0 Å². The molecule has 33 heavy (non-hydrogen) atoms. The van der Waals surface area contributed by atoms with Gasteiger partial charge >= 0.3 is 0 Å². The van der Waals surface area contributed by atoms with Crippen molar-refractivity contribution in [3.8, 4) is 11.5 Å². The molecule has 0 bridgehead atoms. The summed E-state index contributed by atoms with van der Waals surface area (Å²) in [6, 6.07) is 29.0. The summed E-state index contributed by atoms with van der Waals surface area (Å²) in [7, 11) is 1.59. The quantitative estimate of drug-likeness (QED) is 0.364. The molecule has 0 atom stereocenters. The van der Waals surface area contributed by atoms with Crippen LogP contribution in [0, 0.1) is 0 Å². The fraction of sp³-hybridized carbons (Fsp3) is 0.111. The number of methoxy groups -OCH3 is 1. The van der Waals surface area contributed by atoms with Gasteiger partial charge in [-0.3, -0.25) is 10.1 Å². The van der Waals surface area contributed by atoms with Gasteiger partial charge in [0.05, 0.1) is 24.7 Å². The molecule has 0 aliphatic heterocycles.